The number of unbranched alkanes of at least 4 members (excludes halogenated alkanes) is 2. The number of amides is 1. The quantitative estimate of drug-likeness (QED) is 0.524. The molecule has 0 spiro atoms. The van der Waals surface area contributed by atoms with Gasteiger partial charge in [-0.2, -0.15) is 4.98 Å². The molecule has 8 nitrogen and oxygen atoms in total. The number of aryl methyl sites for hydroxylation is 1. The lowest BCUT2D eigenvalue weighted by molar-refractivity contribution is 0.0952. The number of thiophene rings is 1. The maximum absolute atomic E-state index is 12.3. The molecule has 9 heteroatoms. The van der Waals surface area contributed by atoms with Crippen LogP contribution in [0.3, 0.4) is 0 Å². The van der Waals surface area contributed by atoms with Crippen molar-refractivity contribution in [1.82, 2.24) is 20.4 Å². The molecule has 0 saturated carbocycles. The Morgan fingerprint density at radius 3 is 2.83 bits per heavy atom. The van der Waals surface area contributed by atoms with Gasteiger partial charge in [-0.1, -0.05) is 17.6 Å². The van der Waals surface area contributed by atoms with E-state index in [2.05, 4.69) is 25.3 Å². The number of morpholine rings is 1. The smallest absolute Gasteiger partial charge is 0.252 e. The van der Waals surface area contributed by atoms with E-state index in [1.807, 2.05) is 29.6 Å². The number of hydrogen-bond acceptors (Lipinski definition) is 8. The highest BCUT2D eigenvalue weighted by molar-refractivity contribution is 7.13. The summed E-state index contributed by atoms with van der Waals surface area (Å²) in [6.07, 6.45) is 5.21. The zero-order valence-electron chi connectivity index (χ0n) is 16.7. The second kappa shape index (κ2) is 10.3. The van der Waals surface area contributed by atoms with Crippen molar-refractivity contribution in [3.63, 3.8) is 0 Å². The Hall–Kier alpha value is -2.78. The normalized spacial score (nSPS) is 14.1. The Kier molecular flexibility index (Phi) is 7.04. The Bertz CT molecular complexity index is 921. The van der Waals surface area contributed by atoms with Crippen LogP contribution in [0, 0.1) is 0 Å². The predicted molar refractivity (Wildman–Crippen MR) is 115 cm³/mol. The van der Waals surface area contributed by atoms with Crippen LogP contribution in [-0.4, -0.2) is 53.9 Å². The molecule has 0 bridgehead atoms. The molecular formula is C21H25N5O3S. The molecule has 0 aliphatic carbocycles. The van der Waals surface area contributed by atoms with Crippen molar-refractivity contribution in [3.8, 4) is 10.7 Å². The van der Waals surface area contributed by atoms with E-state index in [4.69, 9.17) is 9.26 Å². The third kappa shape index (κ3) is 5.43. The van der Waals surface area contributed by atoms with Crippen LogP contribution in [0.25, 0.3) is 10.7 Å². The van der Waals surface area contributed by atoms with Gasteiger partial charge in [0.25, 0.3) is 5.91 Å². The topological polar surface area (TPSA) is 93.4 Å². The molecule has 0 aromatic carbocycles. The molecule has 3 aromatic rings. The Labute approximate surface area is 179 Å². The average Bonchev–Trinajstić information content (AvgIpc) is 3.49. The van der Waals surface area contributed by atoms with Gasteiger partial charge in [-0.25, -0.2) is 4.98 Å². The highest BCUT2D eigenvalue weighted by atomic mass is 32.1. The van der Waals surface area contributed by atoms with Crippen LogP contribution < -0.4 is 10.2 Å². The fraction of sp³-hybridized carbons (Fsp3) is 0.429. The highest BCUT2D eigenvalue weighted by Crippen LogP contribution is 2.21. The molecule has 1 aliphatic rings. The van der Waals surface area contributed by atoms with Crippen LogP contribution in [0.15, 0.2) is 40.4 Å². The van der Waals surface area contributed by atoms with Crippen molar-refractivity contribution >= 4 is 23.1 Å². The van der Waals surface area contributed by atoms with Crippen molar-refractivity contribution in [2.24, 2.45) is 0 Å². The summed E-state index contributed by atoms with van der Waals surface area (Å²) in [7, 11) is 0. The summed E-state index contributed by atoms with van der Waals surface area (Å²) in [5.41, 5.74) is 0.582. The first kappa shape index (κ1) is 20.5. The van der Waals surface area contributed by atoms with Gasteiger partial charge in [0.2, 0.25) is 11.7 Å². The molecule has 1 fully saturated rings. The fourth-order valence-corrected chi connectivity index (χ4v) is 3.89. The Morgan fingerprint density at radius 1 is 1.17 bits per heavy atom. The SMILES string of the molecule is O=C(NCCCCCc1nc(-c2cccs2)no1)c1ccc(N2CCOCC2)nc1. The monoisotopic (exact) mass is 427 g/mol. The maximum Gasteiger partial charge on any atom is 0.252 e. The average molecular weight is 428 g/mol. The minimum absolute atomic E-state index is 0.0893. The first-order valence-corrected chi connectivity index (χ1v) is 11.1. The van der Waals surface area contributed by atoms with Crippen molar-refractivity contribution in [2.45, 2.75) is 25.7 Å². The number of ether oxygens (including phenoxy) is 1. The number of aromatic nitrogens is 3. The third-order valence-electron chi connectivity index (χ3n) is 4.91. The van der Waals surface area contributed by atoms with E-state index in [9.17, 15) is 4.79 Å². The van der Waals surface area contributed by atoms with Crippen LogP contribution in [0.2, 0.25) is 0 Å². The van der Waals surface area contributed by atoms with E-state index >= 15 is 0 Å². The van der Waals surface area contributed by atoms with Crippen LogP contribution in [0.5, 0.6) is 0 Å². The van der Waals surface area contributed by atoms with Gasteiger partial charge < -0.3 is 19.5 Å². The van der Waals surface area contributed by atoms with Crippen molar-refractivity contribution in [2.75, 3.05) is 37.7 Å². The van der Waals surface area contributed by atoms with E-state index < -0.39 is 0 Å². The summed E-state index contributed by atoms with van der Waals surface area (Å²) < 4.78 is 10.7. The summed E-state index contributed by atoms with van der Waals surface area (Å²) in [6.45, 7) is 3.72. The van der Waals surface area contributed by atoms with Gasteiger partial charge in [-0.05, 0) is 36.4 Å². The molecule has 1 amide bonds. The minimum atomic E-state index is -0.0893. The molecule has 1 saturated heterocycles. The fourth-order valence-electron chi connectivity index (χ4n) is 3.24. The van der Waals surface area contributed by atoms with Gasteiger partial charge >= 0.3 is 0 Å². The van der Waals surface area contributed by atoms with E-state index in [-0.39, 0.29) is 5.91 Å². The standard InChI is InChI=1S/C21H25N5O3S/c27-21(16-7-8-18(23-15-16)26-10-12-28-13-11-26)22-9-3-1-2-6-19-24-20(25-29-19)17-5-4-14-30-17/h4-5,7-8,14-15H,1-3,6,9-13H2,(H,22,27). The van der Waals surface area contributed by atoms with Gasteiger partial charge in [-0.3, -0.25) is 4.79 Å². The van der Waals surface area contributed by atoms with Gasteiger partial charge in [0.05, 0.1) is 23.7 Å². The zero-order chi connectivity index (χ0) is 20.6. The molecule has 0 radical (unpaired) electrons. The highest BCUT2D eigenvalue weighted by Gasteiger charge is 2.13. The number of carbonyl (C=O) groups excluding carboxylic acids is 1. The first-order chi connectivity index (χ1) is 14.8. The lowest BCUT2D eigenvalue weighted by atomic mass is 10.2. The molecule has 30 heavy (non-hydrogen) atoms. The van der Waals surface area contributed by atoms with Gasteiger partial charge in [0, 0.05) is 32.3 Å². The largest absolute Gasteiger partial charge is 0.378 e. The van der Waals surface area contributed by atoms with E-state index in [1.54, 1.807) is 17.5 Å². The van der Waals surface area contributed by atoms with Crippen molar-refractivity contribution in [1.29, 1.82) is 0 Å². The van der Waals surface area contributed by atoms with E-state index in [0.29, 0.717) is 37.0 Å². The number of rotatable bonds is 9. The third-order valence-corrected chi connectivity index (χ3v) is 5.77. The van der Waals surface area contributed by atoms with Gasteiger partial charge in [-0.15, -0.1) is 11.3 Å². The molecule has 3 aromatic heterocycles. The second-order valence-electron chi connectivity index (χ2n) is 7.06. The maximum atomic E-state index is 12.3. The van der Waals surface area contributed by atoms with Crippen LogP contribution in [0.4, 0.5) is 5.82 Å². The predicted octanol–water partition coefficient (Wildman–Crippen LogP) is 3.17. The first-order valence-electron chi connectivity index (χ1n) is 10.2. The summed E-state index contributed by atoms with van der Waals surface area (Å²) >= 11 is 1.60. The molecule has 1 N–H and O–H groups in total. The van der Waals surface area contributed by atoms with Crippen LogP contribution in [0.1, 0.15) is 35.5 Å². The number of hydrogen-bond donors (Lipinski definition) is 1. The van der Waals surface area contributed by atoms with E-state index in [0.717, 1.165) is 49.5 Å². The molecular weight excluding hydrogens is 402 g/mol. The van der Waals surface area contributed by atoms with Gasteiger partial charge in [0.15, 0.2) is 0 Å². The number of nitrogens with one attached hydrogen (secondary N) is 1. The summed E-state index contributed by atoms with van der Waals surface area (Å²) in [6, 6.07) is 7.68. The van der Waals surface area contributed by atoms with Crippen LogP contribution >= 0.6 is 11.3 Å². The lowest BCUT2D eigenvalue weighted by Gasteiger charge is -2.27. The second-order valence-corrected chi connectivity index (χ2v) is 8.01. The van der Waals surface area contributed by atoms with Crippen molar-refractivity contribution in [3.05, 3.63) is 47.3 Å². The molecule has 0 unspecified atom stereocenters. The van der Waals surface area contributed by atoms with Gasteiger partial charge in [0.1, 0.15) is 5.82 Å². The molecule has 4 rings (SSSR count). The zero-order valence-corrected chi connectivity index (χ0v) is 17.6. The number of pyridine rings is 1. The minimum Gasteiger partial charge on any atom is -0.378 e. The number of nitrogens with zero attached hydrogens (tertiary/aromatic N) is 4. The molecule has 158 valence electrons. The lowest BCUT2D eigenvalue weighted by Crippen LogP contribution is -2.36. The molecule has 1 aliphatic heterocycles. The van der Waals surface area contributed by atoms with E-state index in [1.165, 1.54) is 0 Å². The summed E-state index contributed by atoms with van der Waals surface area (Å²) in [5, 5.41) is 8.97. The number of anilines is 1. The molecule has 4 heterocycles. The number of carbonyl (C=O) groups is 1. The Morgan fingerprint density at radius 2 is 2.07 bits per heavy atom. The molecule has 0 atom stereocenters. The Balaban J connectivity index is 1.13. The summed E-state index contributed by atoms with van der Waals surface area (Å²) in [5.74, 6) is 2.11. The van der Waals surface area contributed by atoms with Crippen LogP contribution in [-0.2, 0) is 11.2 Å². The summed E-state index contributed by atoms with van der Waals surface area (Å²) in [4.78, 5) is 24.3. The van der Waals surface area contributed by atoms with Crippen molar-refractivity contribution < 1.29 is 14.1 Å².